The molecule has 0 spiro atoms. The van der Waals surface area contributed by atoms with Gasteiger partial charge in [0, 0.05) is 10.8 Å². The van der Waals surface area contributed by atoms with Crippen LogP contribution in [0.2, 0.25) is 0 Å². The van der Waals surface area contributed by atoms with Crippen LogP contribution < -0.4 is 4.74 Å². The molecule has 1 aliphatic heterocycles. The zero-order chi connectivity index (χ0) is 15.5. The lowest BCUT2D eigenvalue weighted by Gasteiger charge is -2.18. The van der Waals surface area contributed by atoms with Gasteiger partial charge in [0.15, 0.2) is 0 Å². The molecule has 0 bridgehead atoms. The Balaban J connectivity index is 2.01. The molecule has 0 amide bonds. The topological polar surface area (TPSA) is 35.5 Å². The summed E-state index contributed by atoms with van der Waals surface area (Å²) in [6.07, 6.45) is 1.51. The lowest BCUT2D eigenvalue weighted by atomic mass is 9.99. The highest BCUT2D eigenvalue weighted by atomic mass is 32.2. The van der Waals surface area contributed by atoms with Crippen LogP contribution in [0.25, 0.3) is 10.8 Å². The maximum Gasteiger partial charge on any atom is 0.514 e. The quantitative estimate of drug-likeness (QED) is 0.566. The van der Waals surface area contributed by atoms with E-state index in [0.717, 1.165) is 23.1 Å². The Morgan fingerprint density at radius 1 is 1.23 bits per heavy atom. The van der Waals surface area contributed by atoms with Crippen molar-refractivity contribution in [1.82, 2.24) is 0 Å². The normalized spacial score (nSPS) is 17.9. The summed E-state index contributed by atoms with van der Waals surface area (Å²) in [4.78, 5) is 11.9. The average Bonchev–Trinajstić information content (AvgIpc) is 3.00. The first-order valence-electron chi connectivity index (χ1n) is 7.67. The number of carbonyl (C=O) groups excluding carboxylic acids is 1. The molecule has 1 atom stereocenters. The first kappa shape index (κ1) is 15.2. The predicted molar refractivity (Wildman–Crippen MR) is 90.6 cm³/mol. The van der Waals surface area contributed by atoms with Gasteiger partial charge in [-0.3, -0.25) is 0 Å². The summed E-state index contributed by atoms with van der Waals surface area (Å²) < 4.78 is 10.6. The molecule has 1 heterocycles. The Bertz CT molecular complexity index is 675. The van der Waals surface area contributed by atoms with Crippen molar-refractivity contribution in [3.05, 3.63) is 42.0 Å². The lowest BCUT2D eigenvalue weighted by Crippen LogP contribution is -2.16. The smallest absolute Gasteiger partial charge is 0.431 e. The van der Waals surface area contributed by atoms with Crippen LogP contribution >= 0.6 is 11.8 Å². The number of hydrogen-bond donors (Lipinski definition) is 0. The minimum atomic E-state index is -0.630. The van der Waals surface area contributed by atoms with E-state index in [9.17, 15) is 4.79 Å². The molecule has 4 heteroatoms. The molecule has 1 unspecified atom stereocenters. The van der Waals surface area contributed by atoms with Crippen LogP contribution in [0.3, 0.4) is 0 Å². The Kier molecular flexibility index (Phi) is 4.57. The van der Waals surface area contributed by atoms with Gasteiger partial charge in [-0.15, -0.1) is 0 Å². The van der Waals surface area contributed by atoms with Gasteiger partial charge < -0.3 is 9.47 Å². The number of rotatable bonds is 3. The maximum atomic E-state index is 11.9. The Labute approximate surface area is 135 Å². The molecule has 3 nitrogen and oxygen atoms in total. The van der Waals surface area contributed by atoms with E-state index in [2.05, 4.69) is 12.1 Å². The third kappa shape index (κ3) is 3.22. The van der Waals surface area contributed by atoms with Gasteiger partial charge >= 0.3 is 6.16 Å². The van der Waals surface area contributed by atoms with Crippen molar-refractivity contribution in [3.8, 4) is 5.75 Å². The van der Waals surface area contributed by atoms with E-state index < -0.39 is 6.16 Å². The van der Waals surface area contributed by atoms with Gasteiger partial charge in [0.1, 0.15) is 5.75 Å². The molecule has 3 rings (SSSR count). The van der Waals surface area contributed by atoms with Crippen molar-refractivity contribution < 1.29 is 14.3 Å². The summed E-state index contributed by atoms with van der Waals surface area (Å²) in [6.45, 7) is 3.63. The highest BCUT2D eigenvalue weighted by Gasteiger charge is 2.25. The first-order chi connectivity index (χ1) is 10.6. The monoisotopic (exact) mass is 316 g/mol. The van der Waals surface area contributed by atoms with Crippen LogP contribution in [0.1, 0.15) is 37.5 Å². The molecular weight excluding hydrogens is 296 g/mol. The Morgan fingerprint density at radius 2 is 2.05 bits per heavy atom. The van der Waals surface area contributed by atoms with Crippen LogP contribution in [0.15, 0.2) is 36.4 Å². The molecule has 0 aromatic heterocycles. The molecule has 1 fully saturated rings. The van der Waals surface area contributed by atoms with E-state index >= 15 is 0 Å². The second kappa shape index (κ2) is 6.61. The summed E-state index contributed by atoms with van der Waals surface area (Å²) in [6, 6.07) is 12.1. The van der Waals surface area contributed by atoms with Crippen LogP contribution in [0, 0.1) is 0 Å². The molecule has 2 aromatic rings. The molecule has 0 aliphatic carbocycles. The predicted octanol–water partition coefficient (Wildman–Crippen LogP) is 5.33. The van der Waals surface area contributed by atoms with Crippen LogP contribution in [-0.2, 0) is 4.74 Å². The second-order valence-electron chi connectivity index (χ2n) is 5.72. The maximum absolute atomic E-state index is 11.9. The number of benzene rings is 2. The summed E-state index contributed by atoms with van der Waals surface area (Å²) in [5.41, 5.74) is 1.13. The standard InChI is InChI=1S/C18H20O3S/c1-12(2)20-18(19)21-15-10-9-13-6-3-4-7-14(13)17(15)16-8-5-11-22-16/h3-4,6-7,9-10,12,16H,5,8,11H2,1-2H3. The van der Waals surface area contributed by atoms with Gasteiger partial charge in [-0.05, 0) is 49.3 Å². The zero-order valence-corrected chi connectivity index (χ0v) is 13.7. The molecule has 0 saturated carbocycles. The first-order valence-corrected chi connectivity index (χ1v) is 8.71. The van der Waals surface area contributed by atoms with Gasteiger partial charge in [0.2, 0.25) is 0 Å². The van der Waals surface area contributed by atoms with E-state index in [-0.39, 0.29) is 6.10 Å². The fraction of sp³-hybridized carbons (Fsp3) is 0.389. The van der Waals surface area contributed by atoms with Gasteiger partial charge in [-0.25, -0.2) is 4.79 Å². The van der Waals surface area contributed by atoms with E-state index in [1.807, 2.05) is 49.9 Å². The minimum absolute atomic E-state index is 0.183. The van der Waals surface area contributed by atoms with Crippen molar-refractivity contribution in [2.45, 2.75) is 38.0 Å². The number of hydrogen-bond acceptors (Lipinski definition) is 4. The molecule has 1 aliphatic rings. The SMILES string of the molecule is CC(C)OC(=O)Oc1ccc2ccccc2c1C1CCCS1. The van der Waals surface area contributed by atoms with Crippen molar-refractivity contribution in [1.29, 1.82) is 0 Å². The number of fused-ring (bicyclic) bond motifs is 1. The number of carbonyl (C=O) groups is 1. The van der Waals surface area contributed by atoms with Crippen LogP contribution in [-0.4, -0.2) is 18.0 Å². The van der Waals surface area contributed by atoms with E-state index in [0.29, 0.717) is 11.0 Å². The van der Waals surface area contributed by atoms with Crippen LogP contribution in [0.4, 0.5) is 4.79 Å². The molecule has 1 saturated heterocycles. The fourth-order valence-electron chi connectivity index (χ4n) is 2.81. The molecule has 2 aromatic carbocycles. The van der Waals surface area contributed by atoms with E-state index in [1.54, 1.807) is 0 Å². The molecule has 116 valence electrons. The summed E-state index contributed by atoms with van der Waals surface area (Å²) in [7, 11) is 0. The lowest BCUT2D eigenvalue weighted by molar-refractivity contribution is 0.0726. The molecular formula is C18H20O3S. The minimum Gasteiger partial charge on any atom is -0.431 e. The Morgan fingerprint density at radius 3 is 2.77 bits per heavy atom. The fourth-order valence-corrected chi connectivity index (χ4v) is 4.17. The highest BCUT2D eigenvalue weighted by molar-refractivity contribution is 7.99. The zero-order valence-electron chi connectivity index (χ0n) is 12.9. The van der Waals surface area contributed by atoms with Gasteiger partial charge in [0.05, 0.1) is 6.10 Å². The number of thioether (sulfide) groups is 1. The largest absolute Gasteiger partial charge is 0.514 e. The number of ether oxygens (including phenoxy) is 2. The highest BCUT2D eigenvalue weighted by Crippen LogP contribution is 2.46. The molecule has 0 radical (unpaired) electrons. The third-order valence-corrected chi connectivity index (χ3v) is 5.11. The summed E-state index contributed by atoms with van der Waals surface area (Å²) in [5.74, 6) is 1.78. The Hall–Kier alpha value is -1.68. The van der Waals surface area contributed by atoms with Crippen molar-refractivity contribution >= 4 is 28.7 Å². The van der Waals surface area contributed by atoms with Crippen molar-refractivity contribution in [2.75, 3.05) is 5.75 Å². The summed E-state index contributed by atoms with van der Waals surface area (Å²) in [5, 5.41) is 2.72. The van der Waals surface area contributed by atoms with Crippen molar-refractivity contribution in [3.63, 3.8) is 0 Å². The third-order valence-electron chi connectivity index (χ3n) is 3.71. The van der Waals surface area contributed by atoms with Gasteiger partial charge in [-0.1, -0.05) is 30.3 Å². The molecule has 22 heavy (non-hydrogen) atoms. The van der Waals surface area contributed by atoms with E-state index in [4.69, 9.17) is 9.47 Å². The van der Waals surface area contributed by atoms with Gasteiger partial charge in [-0.2, -0.15) is 11.8 Å². The molecule has 0 N–H and O–H groups in total. The van der Waals surface area contributed by atoms with Gasteiger partial charge in [0.25, 0.3) is 0 Å². The summed E-state index contributed by atoms with van der Waals surface area (Å²) >= 11 is 1.93. The average molecular weight is 316 g/mol. The second-order valence-corrected chi connectivity index (χ2v) is 7.03. The van der Waals surface area contributed by atoms with Crippen molar-refractivity contribution in [2.24, 2.45) is 0 Å². The van der Waals surface area contributed by atoms with Crippen LogP contribution in [0.5, 0.6) is 5.75 Å². The van der Waals surface area contributed by atoms with E-state index in [1.165, 1.54) is 11.8 Å².